The average Bonchev–Trinajstić information content (AvgIpc) is 2.39. The minimum Gasteiger partial charge on any atom is -0.299 e. The maximum absolute atomic E-state index is 10.9. The Kier molecular flexibility index (Phi) is 2.78. The van der Waals surface area contributed by atoms with Gasteiger partial charge in [0.2, 0.25) is 11.0 Å². The zero-order valence-electron chi connectivity index (χ0n) is 5.74. The van der Waals surface area contributed by atoms with Crippen molar-refractivity contribution in [1.82, 2.24) is 10.2 Å². The molecule has 4 nitrogen and oxygen atoms in total. The van der Waals surface area contributed by atoms with E-state index in [0.29, 0.717) is 5.13 Å². The lowest BCUT2D eigenvalue weighted by atomic mass is 10.4. The number of carbonyl (C=O) groups is 1. The summed E-state index contributed by atoms with van der Waals surface area (Å²) in [7, 11) is 0. The first-order chi connectivity index (χ1) is 5.20. The normalized spacial score (nSPS) is 12.5. The summed E-state index contributed by atoms with van der Waals surface area (Å²) in [4.78, 5) is 10.9. The molecule has 0 aliphatic rings. The summed E-state index contributed by atoms with van der Waals surface area (Å²) in [6.45, 7) is 1.60. The lowest BCUT2D eigenvalue weighted by Crippen LogP contribution is -2.20. The number of hydrogen-bond acceptors (Lipinski definition) is 4. The Bertz CT molecular complexity index is 236. The van der Waals surface area contributed by atoms with Gasteiger partial charge >= 0.3 is 0 Å². The molecule has 1 amide bonds. The molecule has 6 heteroatoms. The number of anilines is 1. The summed E-state index contributed by atoms with van der Waals surface area (Å²) in [5.41, 5.74) is 1.54. The van der Waals surface area contributed by atoms with Crippen LogP contribution in [0.4, 0.5) is 5.13 Å². The van der Waals surface area contributed by atoms with E-state index in [1.54, 1.807) is 6.92 Å². The Morgan fingerprint density at radius 3 is 3.09 bits per heavy atom. The van der Waals surface area contributed by atoms with E-state index in [2.05, 4.69) is 15.5 Å². The van der Waals surface area contributed by atoms with Crippen LogP contribution < -0.4 is 5.32 Å². The Morgan fingerprint density at radius 1 is 1.91 bits per heavy atom. The molecule has 0 unspecified atom stereocenters. The van der Waals surface area contributed by atoms with Gasteiger partial charge in [0, 0.05) is 0 Å². The van der Waals surface area contributed by atoms with Gasteiger partial charge in [-0.3, -0.25) is 10.1 Å². The van der Waals surface area contributed by atoms with Crippen LogP contribution in [0.5, 0.6) is 0 Å². The fourth-order valence-corrected chi connectivity index (χ4v) is 0.935. The second-order valence-electron chi connectivity index (χ2n) is 1.85. The summed E-state index contributed by atoms with van der Waals surface area (Å²) < 4.78 is 0. The molecule has 0 spiro atoms. The van der Waals surface area contributed by atoms with Crippen LogP contribution in [0.15, 0.2) is 5.51 Å². The van der Waals surface area contributed by atoms with Crippen LogP contribution in [0.2, 0.25) is 0 Å². The fraction of sp³-hybridized carbons (Fsp3) is 0.400. The molecule has 1 heterocycles. The van der Waals surface area contributed by atoms with Gasteiger partial charge in [-0.15, -0.1) is 21.8 Å². The standard InChI is InChI=1S/C5H6ClN3OS/c1-3(6)4(10)8-5-9-7-2-11-5/h2-3H,1H3,(H,8,9,10)/t3-/m1/s1. The molecule has 1 aromatic rings. The molecule has 0 saturated heterocycles. The monoisotopic (exact) mass is 191 g/mol. The second kappa shape index (κ2) is 3.64. The van der Waals surface area contributed by atoms with Crippen LogP contribution in [-0.2, 0) is 4.79 Å². The van der Waals surface area contributed by atoms with Gasteiger partial charge in [-0.1, -0.05) is 11.3 Å². The molecule has 1 aromatic heterocycles. The smallest absolute Gasteiger partial charge is 0.243 e. The molecule has 0 aliphatic carbocycles. The zero-order chi connectivity index (χ0) is 8.27. The van der Waals surface area contributed by atoms with E-state index in [1.165, 1.54) is 16.8 Å². The van der Waals surface area contributed by atoms with Crippen molar-refractivity contribution in [2.45, 2.75) is 12.3 Å². The summed E-state index contributed by atoms with van der Waals surface area (Å²) in [6, 6.07) is 0. The van der Waals surface area contributed by atoms with Gasteiger partial charge < -0.3 is 0 Å². The molecule has 11 heavy (non-hydrogen) atoms. The van der Waals surface area contributed by atoms with Crippen molar-refractivity contribution in [3.05, 3.63) is 5.51 Å². The highest BCUT2D eigenvalue weighted by Gasteiger charge is 2.09. The topological polar surface area (TPSA) is 54.9 Å². The summed E-state index contributed by atoms with van der Waals surface area (Å²) >= 11 is 6.75. The van der Waals surface area contributed by atoms with Gasteiger partial charge in [-0.05, 0) is 6.92 Å². The molecular weight excluding hydrogens is 186 g/mol. The van der Waals surface area contributed by atoms with Crippen LogP contribution in [0.25, 0.3) is 0 Å². The summed E-state index contributed by atoms with van der Waals surface area (Å²) in [6.07, 6.45) is 0. The van der Waals surface area contributed by atoms with E-state index in [9.17, 15) is 4.79 Å². The molecule has 0 radical (unpaired) electrons. The first-order valence-corrected chi connectivity index (χ1v) is 4.23. The van der Waals surface area contributed by atoms with Gasteiger partial charge in [0.05, 0.1) is 0 Å². The van der Waals surface area contributed by atoms with E-state index >= 15 is 0 Å². The Morgan fingerprint density at radius 2 is 2.64 bits per heavy atom. The van der Waals surface area contributed by atoms with Crippen molar-refractivity contribution >= 4 is 34.0 Å². The Labute approximate surface area is 72.6 Å². The summed E-state index contributed by atoms with van der Waals surface area (Å²) in [5.74, 6) is -0.261. The second-order valence-corrected chi connectivity index (χ2v) is 3.34. The third-order valence-corrected chi connectivity index (χ3v) is 1.76. The van der Waals surface area contributed by atoms with Crippen LogP contribution in [0.3, 0.4) is 0 Å². The third kappa shape index (κ3) is 2.44. The number of rotatable bonds is 2. The van der Waals surface area contributed by atoms with E-state index in [1.807, 2.05) is 0 Å². The molecule has 1 atom stereocenters. The minimum absolute atomic E-state index is 0.261. The quantitative estimate of drug-likeness (QED) is 0.713. The average molecular weight is 192 g/mol. The lowest BCUT2D eigenvalue weighted by molar-refractivity contribution is -0.115. The molecule has 1 rings (SSSR count). The highest BCUT2D eigenvalue weighted by Crippen LogP contribution is 2.09. The number of carbonyl (C=O) groups excluding carboxylic acids is 1. The first-order valence-electron chi connectivity index (χ1n) is 2.91. The predicted octanol–water partition coefficient (Wildman–Crippen LogP) is 1.10. The minimum atomic E-state index is -0.543. The number of nitrogens with one attached hydrogen (secondary N) is 1. The number of halogens is 1. The van der Waals surface area contributed by atoms with Crippen molar-refractivity contribution in [3.63, 3.8) is 0 Å². The molecule has 0 aromatic carbocycles. The van der Waals surface area contributed by atoms with Gasteiger partial charge in [0.25, 0.3) is 0 Å². The van der Waals surface area contributed by atoms with Gasteiger partial charge in [0.15, 0.2) is 0 Å². The van der Waals surface area contributed by atoms with E-state index in [4.69, 9.17) is 11.6 Å². The molecular formula is C5H6ClN3OS. The maximum Gasteiger partial charge on any atom is 0.243 e. The van der Waals surface area contributed by atoms with E-state index in [-0.39, 0.29) is 5.91 Å². The highest BCUT2D eigenvalue weighted by atomic mass is 35.5. The maximum atomic E-state index is 10.9. The van der Waals surface area contributed by atoms with E-state index < -0.39 is 5.38 Å². The molecule has 0 aliphatic heterocycles. The van der Waals surface area contributed by atoms with Crippen LogP contribution in [-0.4, -0.2) is 21.5 Å². The number of amides is 1. The van der Waals surface area contributed by atoms with Crippen molar-refractivity contribution < 1.29 is 4.79 Å². The van der Waals surface area contributed by atoms with Crippen molar-refractivity contribution in [2.24, 2.45) is 0 Å². The van der Waals surface area contributed by atoms with Gasteiger partial charge in [0.1, 0.15) is 10.9 Å². The highest BCUT2D eigenvalue weighted by molar-refractivity contribution is 7.13. The molecule has 60 valence electrons. The van der Waals surface area contributed by atoms with Crippen LogP contribution >= 0.6 is 22.9 Å². The summed E-state index contributed by atoms with van der Waals surface area (Å²) in [5, 5.41) is 9.59. The van der Waals surface area contributed by atoms with Gasteiger partial charge in [-0.25, -0.2) is 0 Å². The third-order valence-electron chi connectivity index (χ3n) is 0.951. The Balaban J connectivity index is 2.50. The fourth-order valence-electron chi connectivity index (χ4n) is 0.432. The first kappa shape index (κ1) is 8.42. The predicted molar refractivity (Wildman–Crippen MR) is 43.9 cm³/mol. The van der Waals surface area contributed by atoms with Crippen LogP contribution in [0.1, 0.15) is 6.92 Å². The Hall–Kier alpha value is -0.680. The van der Waals surface area contributed by atoms with Crippen LogP contribution in [0, 0.1) is 0 Å². The number of alkyl halides is 1. The molecule has 0 saturated carbocycles. The van der Waals surface area contributed by atoms with Gasteiger partial charge in [-0.2, -0.15) is 0 Å². The number of hydrogen-bond donors (Lipinski definition) is 1. The van der Waals surface area contributed by atoms with Crippen molar-refractivity contribution in [1.29, 1.82) is 0 Å². The molecule has 0 bridgehead atoms. The number of nitrogens with zero attached hydrogens (tertiary/aromatic N) is 2. The van der Waals surface area contributed by atoms with Crippen molar-refractivity contribution in [2.75, 3.05) is 5.32 Å². The SMILES string of the molecule is C[C@@H](Cl)C(=O)Nc1nncs1. The van der Waals surface area contributed by atoms with Crippen molar-refractivity contribution in [3.8, 4) is 0 Å². The largest absolute Gasteiger partial charge is 0.299 e. The van der Waals surface area contributed by atoms with E-state index in [0.717, 1.165) is 0 Å². The number of aromatic nitrogens is 2. The zero-order valence-corrected chi connectivity index (χ0v) is 7.32. The molecule has 1 N–H and O–H groups in total. The molecule has 0 fully saturated rings. The lowest BCUT2D eigenvalue weighted by Gasteiger charge is -2.00.